The minimum atomic E-state index is -0.210. The van der Waals surface area contributed by atoms with Crippen LogP contribution in [-0.2, 0) is 0 Å². The Morgan fingerprint density at radius 2 is 1.82 bits per heavy atom. The monoisotopic (exact) mass is 304 g/mol. The number of carbonyl (C=O) groups is 1. The minimum absolute atomic E-state index is 0.210. The Hall–Kier alpha value is -1.71. The summed E-state index contributed by atoms with van der Waals surface area (Å²) in [6, 6.07) is 4.13. The highest BCUT2D eigenvalue weighted by atomic mass is 16.6. The molecule has 0 unspecified atom stereocenters. The van der Waals surface area contributed by atoms with Crippen molar-refractivity contribution in [1.29, 1.82) is 0 Å². The molecule has 1 heterocycles. The van der Waals surface area contributed by atoms with Gasteiger partial charge in [0.2, 0.25) is 0 Å². The zero-order valence-corrected chi connectivity index (χ0v) is 14.5. The summed E-state index contributed by atoms with van der Waals surface area (Å²) in [6.07, 6.45) is 3.14. The molecule has 0 aromatic heterocycles. The van der Waals surface area contributed by atoms with Crippen LogP contribution in [0.1, 0.15) is 50.2 Å². The largest absolute Gasteiger partial charge is 0.415 e. The van der Waals surface area contributed by atoms with Crippen LogP contribution in [0, 0.1) is 6.92 Å². The zero-order valence-electron chi connectivity index (χ0n) is 14.5. The van der Waals surface area contributed by atoms with E-state index in [0.717, 1.165) is 37.1 Å². The molecule has 1 aliphatic heterocycles. The van der Waals surface area contributed by atoms with Crippen LogP contribution >= 0.6 is 0 Å². The van der Waals surface area contributed by atoms with Gasteiger partial charge in [-0.2, -0.15) is 0 Å². The molecule has 0 saturated carbocycles. The lowest BCUT2D eigenvalue weighted by Gasteiger charge is -2.27. The Morgan fingerprint density at radius 3 is 2.36 bits per heavy atom. The molecule has 1 aromatic rings. The van der Waals surface area contributed by atoms with Gasteiger partial charge in [-0.25, -0.2) is 4.79 Å². The summed E-state index contributed by atoms with van der Waals surface area (Å²) in [7, 11) is 4.07. The van der Waals surface area contributed by atoms with E-state index in [1.54, 1.807) is 0 Å². The first-order chi connectivity index (χ1) is 10.4. The van der Waals surface area contributed by atoms with E-state index in [1.165, 1.54) is 12.1 Å². The molecule has 4 nitrogen and oxygen atoms in total. The third kappa shape index (κ3) is 3.73. The van der Waals surface area contributed by atoms with Crippen molar-refractivity contribution in [2.45, 2.75) is 46.0 Å². The predicted molar refractivity (Wildman–Crippen MR) is 91.0 cm³/mol. The Labute approximate surface area is 134 Å². The molecule has 0 aliphatic carbocycles. The van der Waals surface area contributed by atoms with Gasteiger partial charge in [0.05, 0.1) is 0 Å². The molecule has 2 rings (SSSR count). The SMILES string of the molecule is Cc1cc(OC(=O)N2CCCCC2)c(C(C)C)cc1N(C)C. The number of carbonyl (C=O) groups excluding carboxylic acids is 1. The second kappa shape index (κ2) is 7.03. The summed E-state index contributed by atoms with van der Waals surface area (Å²) in [4.78, 5) is 16.3. The van der Waals surface area contributed by atoms with Crippen molar-refractivity contribution in [3.05, 3.63) is 23.3 Å². The Morgan fingerprint density at radius 1 is 1.18 bits per heavy atom. The van der Waals surface area contributed by atoms with Crippen LogP contribution in [-0.4, -0.2) is 38.2 Å². The summed E-state index contributed by atoms with van der Waals surface area (Å²) in [5, 5.41) is 0. The molecule has 1 amide bonds. The van der Waals surface area contributed by atoms with E-state index in [2.05, 4.69) is 31.7 Å². The number of aryl methyl sites for hydroxylation is 1. The number of likely N-dealkylation sites (tertiary alicyclic amines) is 1. The fraction of sp³-hybridized carbons (Fsp3) is 0.611. The summed E-state index contributed by atoms with van der Waals surface area (Å²) in [6.45, 7) is 7.93. The maximum Gasteiger partial charge on any atom is 0.415 e. The van der Waals surface area contributed by atoms with E-state index in [4.69, 9.17) is 4.74 Å². The van der Waals surface area contributed by atoms with Crippen LogP contribution in [0.5, 0.6) is 5.75 Å². The maximum atomic E-state index is 12.4. The third-order valence-electron chi connectivity index (χ3n) is 4.24. The number of hydrogen-bond acceptors (Lipinski definition) is 3. The highest BCUT2D eigenvalue weighted by molar-refractivity contribution is 5.72. The van der Waals surface area contributed by atoms with Crippen molar-refractivity contribution in [3.63, 3.8) is 0 Å². The van der Waals surface area contributed by atoms with Crippen molar-refractivity contribution in [1.82, 2.24) is 4.90 Å². The van der Waals surface area contributed by atoms with Crippen molar-refractivity contribution >= 4 is 11.8 Å². The van der Waals surface area contributed by atoms with Gasteiger partial charge in [-0.1, -0.05) is 13.8 Å². The molecule has 0 bridgehead atoms. The molecule has 1 fully saturated rings. The molecule has 22 heavy (non-hydrogen) atoms. The van der Waals surface area contributed by atoms with Crippen molar-refractivity contribution in [3.8, 4) is 5.75 Å². The molecular weight excluding hydrogens is 276 g/mol. The van der Waals surface area contributed by atoms with Gasteiger partial charge in [0.1, 0.15) is 5.75 Å². The number of rotatable bonds is 3. The van der Waals surface area contributed by atoms with E-state index < -0.39 is 0 Å². The van der Waals surface area contributed by atoms with Gasteiger partial charge in [0.25, 0.3) is 0 Å². The second-order valence-electron chi connectivity index (χ2n) is 6.64. The molecule has 1 aliphatic rings. The van der Waals surface area contributed by atoms with Crippen molar-refractivity contribution in [2.24, 2.45) is 0 Å². The molecular formula is C18H28N2O2. The lowest BCUT2D eigenvalue weighted by Crippen LogP contribution is -2.37. The van der Waals surface area contributed by atoms with Gasteiger partial charge < -0.3 is 14.5 Å². The van der Waals surface area contributed by atoms with Crippen LogP contribution in [0.25, 0.3) is 0 Å². The summed E-state index contributed by atoms with van der Waals surface area (Å²) < 4.78 is 5.73. The van der Waals surface area contributed by atoms with Gasteiger partial charge in [0.15, 0.2) is 0 Å². The Balaban J connectivity index is 2.25. The molecule has 1 aromatic carbocycles. The van der Waals surface area contributed by atoms with E-state index >= 15 is 0 Å². The maximum absolute atomic E-state index is 12.4. The Kier molecular flexibility index (Phi) is 5.33. The van der Waals surface area contributed by atoms with Crippen LogP contribution in [0.4, 0.5) is 10.5 Å². The van der Waals surface area contributed by atoms with Crippen LogP contribution in [0.2, 0.25) is 0 Å². The lowest BCUT2D eigenvalue weighted by molar-refractivity contribution is 0.142. The quantitative estimate of drug-likeness (QED) is 0.840. The van der Waals surface area contributed by atoms with E-state index in [-0.39, 0.29) is 6.09 Å². The third-order valence-corrected chi connectivity index (χ3v) is 4.24. The lowest BCUT2D eigenvalue weighted by atomic mass is 9.99. The standard InChI is InChI=1S/C18H28N2O2/c1-13(2)15-12-16(19(4)5)14(3)11-17(15)22-18(21)20-9-7-6-8-10-20/h11-13H,6-10H2,1-5H3. The van der Waals surface area contributed by atoms with Gasteiger partial charge in [-0.3, -0.25) is 0 Å². The Bertz CT molecular complexity index is 532. The number of piperidine rings is 1. The minimum Gasteiger partial charge on any atom is -0.410 e. The fourth-order valence-corrected chi connectivity index (χ4v) is 2.94. The summed E-state index contributed by atoms with van der Waals surface area (Å²) in [5.74, 6) is 1.01. The normalized spacial score (nSPS) is 15.1. The summed E-state index contributed by atoms with van der Waals surface area (Å²) >= 11 is 0. The molecule has 0 atom stereocenters. The molecule has 0 N–H and O–H groups in total. The van der Waals surface area contributed by atoms with E-state index in [1.807, 2.05) is 25.1 Å². The number of nitrogens with zero attached hydrogens (tertiary/aromatic N) is 2. The van der Waals surface area contributed by atoms with Gasteiger partial charge in [0, 0.05) is 32.9 Å². The first-order valence-electron chi connectivity index (χ1n) is 8.18. The van der Waals surface area contributed by atoms with Crippen LogP contribution in [0.15, 0.2) is 12.1 Å². The fourth-order valence-electron chi connectivity index (χ4n) is 2.94. The smallest absolute Gasteiger partial charge is 0.410 e. The van der Waals surface area contributed by atoms with Crippen molar-refractivity contribution in [2.75, 3.05) is 32.1 Å². The van der Waals surface area contributed by atoms with E-state index in [9.17, 15) is 4.79 Å². The van der Waals surface area contributed by atoms with Crippen molar-refractivity contribution < 1.29 is 9.53 Å². The summed E-state index contributed by atoms with van der Waals surface area (Å²) in [5.41, 5.74) is 3.37. The molecule has 4 heteroatoms. The van der Waals surface area contributed by atoms with Gasteiger partial charge in [-0.15, -0.1) is 0 Å². The highest BCUT2D eigenvalue weighted by Crippen LogP contribution is 2.33. The second-order valence-corrected chi connectivity index (χ2v) is 6.64. The van der Waals surface area contributed by atoms with Gasteiger partial charge in [-0.05, 0) is 55.4 Å². The number of anilines is 1. The predicted octanol–water partition coefficient (Wildman–Crippen LogP) is 4.17. The average molecular weight is 304 g/mol. The highest BCUT2D eigenvalue weighted by Gasteiger charge is 2.21. The van der Waals surface area contributed by atoms with Gasteiger partial charge >= 0.3 is 6.09 Å². The van der Waals surface area contributed by atoms with Crippen LogP contribution < -0.4 is 9.64 Å². The number of amides is 1. The van der Waals surface area contributed by atoms with E-state index in [0.29, 0.717) is 11.7 Å². The first kappa shape index (κ1) is 16.7. The zero-order chi connectivity index (χ0) is 16.3. The average Bonchev–Trinajstić information content (AvgIpc) is 2.47. The van der Waals surface area contributed by atoms with Crippen LogP contribution in [0.3, 0.4) is 0 Å². The molecule has 122 valence electrons. The first-order valence-corrected chi connectivity index (χ1v) is 8.18. The number of benzene rings is 1. The molecule has 0 radical (unpaired) electrons. The number of hydrogen-bond donors (Lipinski definition) is 0. The topological polar surface area (TPSA) is 32.8 Å². The molecule has 0 spiro atoms. The number of ether oxygens (including phenoxy) is 1. The molecule has 1 saturated heterocycles.